The van der Waals surface area contributed by atoms with Gasteiger partial charge in [0.1, 0.15) is 4.21 Å². The van der Waals surface area contributed by atoms with Crippen LogP contribution in [-0.2, 0) is 32.5 Å². The number of thiophene rings is 1. The number of sulfonamides is 1. The van der Waals surface area contributed by atoms with Crippen molar-refractivity contribution in [2.24, 2.45) is 0 Å². The predicted molar refractivity (Wildman–Crippen MR) is 152 cm³/mol. The first-order valence-electron chi connectivity index (χ1n) is 13.0. The molecule has 1 atom stereocenters. The van der Waals surface area contributed by atoms with Crippen LogP contribution in [0.4, 0.5) is 0 Å². The Balaban J connectivity index is 1.27. The molecule has 11 nitrogen and oxygen atoms in total. The van der Waals surface area contributed by atoms with E-state index in [2.05, 4.69) is 4.98 Å². The van der Waals surface area contributed by atoms with Crippen LogP contribution >= 0.6 is 34.3 Å². The topological polar surface area (TPSA) is 126 Å². The largest absolute Gasteiger partial charge is 0.785 e. The molecule has 3 aromatic rings. The molecule has 0 N–H and O–H groups in total. The number of benzene rings is 1. The number of hydrogen-bond acceptors (Lipinski definition) is 10. The summed E-state index contributed by atoms with van der Waals surface area (Å²) in [6.45, 7) is 2.52. The monoisotopic (exact) mass is 624 g/mol. The van der Waals surface area contributed by atoms with Gasteiger partial charge in [0.25, 0.3) is 15.9 Å². The normalized spacial score (nSPS) is 21.1. The minimum absolute atomic E-state index is 0.0147. The van der Waals surface area contributed by atoms with Gasteiger partial charge in [-0.25, -0.2) is 13.4 Å². The number of fused-ring (bicyclic) bond motifs is 2. The first kappa shape index (κ1) is 28.0. The fourth-order valence-corrected chi connectivity index (χ4v) is 9.62. The Morgan fingerprint density at radius 1 is 1.10 bits per heavy atom. The van der Waals surface area contributed by atoms with Crippen LogP contribution in [0.5, 0.6) is 0 Å². The molecular formula is C25H27ClN5O6S3-. The lowest BCUT2D eigenvalue weighted by Crippen LogP contribution is -2.58. The molecule has 1 unspecified atom stereocenters. The van der Waals surface area contributed by atoms with Gasteiger partial charge in [-0.15, -0.1) is 22.7 Å². The van der Waals surface area contributed by atoms with Crippen molar-refractivity contribution in [1.29, 1.82) is 0 Å². The second kappa shape index (κ2) is 11.2. The number of carbonyl (C=O) groups excluding carboxylic acids is 2. The molecule has 3 aliphatic rings. The van der Waals surface area contributed by atoms with E-state index in [1.165, 1.54) is 15.6 Å². The molecule has 214 valence electrons. The molecule has 2 fully saturated rings. The third-order valence-electron chi connectivity index (χ3n) is 7.41. The lowest BCUT2D eigenvalue weighted by atomic mass is 10.1. The number of thiazole rings is 1. The average Bonchev–Trinajstić information content (AvgIpc) is 3.57. The number of hydroxylamine groups is 2. The molecule has 0 radical (unpaired) electrons. The van der Waals surface area contributed by atoms with Crippen molar-refractivity contribution in [3.63, 3.8) is 0 Å². The fourth-order valence-electron chi connectivity index (χ4n) is 5.25. The van der Waals surface area contributed by atoms with Crippen LogP contribution in [0.1, 0.15) is 26.8 Å². The number of hydrogen-bond donors (Lipinski definition) is 0. The van der Waals surface area contributed by atoms with Crippen LogP contribution < -0.4 is 0 Å². The van der Waals surface area contributed by atoms with Gasteiger partial charge in [-0.1, -0.05) is 17.7 Å². The summed E-state index contributed by atoms with van der Waals surface area (Å²) in [6.07, 6.45) is 0.465. The summed E-state index contributed by atoms with van der Waals surface area (Å²) in [4.78, 5) is 35.5. The second-order valence-corrected chi connectivity index (χ2v) is 14.7. The van der Waals surface area contributed by atoms with Gasteiger partial charge in [0, 0.05) is 66.7 Å². The zero-order valence-corrected chi connectivity index (χ0v) is 24.7. The number of aromatic nitrogens is 1. The number of halogens is 1. The third kappa shape index (κ3) is 5.51. The van der Waals surface area contributed by atoms with Gasteiger partial charge in [-0.05, 0) is 30.1 Å². The third-order valence-corrected chi connectivity index (χ3v) is 12.1. The van der Waals surface area contributed by atoms with Crippen LogP contribution in [0, 0.1) is 5.21 Å². The maximum atomic E-state index is 13.7. The summed E-state index contributed by atoms with van der Waals surface area (Å²) in [6, 6.07) is 6.20. The Kier molecular flexibility index (Phi) is 7.87. The fraction of sp³-hybridized carbons (Fsp3) is 0.480. The van der Waals surface area contributed by atoms with E-state index in [4.69, 9.17) is 16.3 Å². The highest BCUT2D eigenvalue weighted by Crippen LogP contribution is 2.34. The molecule has 40 heavy (non-hydrogen) atoms. The smallest absolute Gasteiger partial charge is 0.283 e. The van der Waals surface area contributed by atoms with Crippen LogP contribution in [0.3, 0.4) is 0 Å². The zero-order valence-electron chi connectivity index (χ0n) is 21.5. The molecule has 0 bridgehead atoms. The van der Waals surface area contributed by atoms with Crippen molar-refractivity contribution in [1.82, 2.24) is 24.2 Å². The molecule has 5 heterocycles. The quantitative estimate of drug-likeness (QED) is 0.424. The minimum Gasteiger partial charge on any atom is -0.785 e. The number of ether oxygens (including phenoxy) is 1. The minimum atomic E-state index is -3.88. The molecule has 0 aliphatic carbocycles. The molecule has 2 saturated heterocycles. The van der Waals surface area contributed by atoms with Gasteiger partial charge >= 0.3 is 0 Å². The molecule has 2 amide bonds. The van der Waals surface area contributed by atoms with Gasteiger partial charge in [0.2, 0.25) is 5.91 Å². The average molecular weight is 625 g/mol. The number of rotatable bonds is 5. The van der Waals surface area contributed by atoms with Gasteiger partial charge in [0.05, 0.1) is 24.9 Å². The zero-order chi connectivity index (χ0) is 28.0. The SMILES string of the molecule is O=C(CC1CN(S(=O)(=O)c2cc3ccc(Cl)cc3s2)CCN1C(=O)c1nc2c(s1)CN([O-])CC2)N1CCOCC1. The summed E-state index contributed by atoms with van der Waals surface area (Å²) in [5.74, 6) is -0.493. The lowest BCUT2D eigenvalue weighted by Gasteiger charge is -2.41. The van der Waals surface area contributed by atoms with Gasteiger partial charge in [0.15, 0.2) is 5.01 Å². The van der Waals surface area contributed by atoms with Crippen molar-refractivity contribution < 1.29 is 22.7 Å². The van der Waals surface area contributed by atoms with Crippen LogP contribution in [-0.4, -0.2) is 103 Å². The number of nitrogens with zero attached hydrogens (tertiary/aromatic N) is 5. The maximum absolute atomic E-state index is 13.7. The molecular weight excluding hydrogens is 598 g/mol. The summed E-state index contributed by atoms with van der Waals surface area (Å²) >= 11 is 8.45. The van der Waals surface area contributed by atoms with E-state index in [0.717, 1.165) is 37.1 Å². The lowest BCUT2D eigenvalue weighted by molar-refractivity contribution is -0.136. The van der Waals surface area contributed by atoms with Crippen LogP contribution in [0.25, 0.3) is 10.1 Å². The van der Waals surface area contributed by atoms with Crippen molar-refractivity contribution in [3.8, 4) is 0 Å². The Morgan fingerprint density at radius 3 is 2.70 bits per heavy atom. The Bertz CT molecular complexity index is 1550. The number of amides is 2. The van der Waals surface area contributed by atoms with Crippen molar-refractivity contribution in [2.45, 2.75) is 29.6 Å². The summed E-state index contributed by atoms with van der Waals surface area (Å²) in [7, 11) is -3.88. The van der Waals surface area contributed by atoms with E-state index in [1.54, 1.807) is 34.1 Å². The maximum Gasteiger partial charge on any atom is 0.283 e. The van der Waals surface area contributed by atoms with E-state index >= 15 is 0 Å². The first-order chi connectivity index (χ1) is 19.2. The summed E-state index contributed by atoms with van der Waals surface area (Å²) in [5.41, 5.74) is 0.757. The standard InChI is InChI=1S/C25H27ClN5O6S3/c26-17-2-1-16-11-23(38-20(16)12-17)40(35,36)30-5-6-31(18(14-30)13-22(32)28-7-9-37-10-8-28)25(33)24-27-19-3-4-29(34)15-21(19)39-24/h1-2,11-12,18H,3-10,13-15H2/q-1. The molecule has 2 aromatic heterocycles. The number of carbonyl (C=O) groups is 2. The molecule has 6 rings (SSSR count). The van der Waals surface area contributed by atoms with Gasteiger partial charge in [-0.2, -0.15) is 4.31 Å². The van der Waals surface area contributed by atoms with E-state index in [9.17, 15) is 23.2 Å². The summed E-state index contributed by atoms with van der Waals surface area (Å²) < 4.78 is 35.1. The van der Waals surface area contributed by atoms with E-state index in [1.807, 2.05) is 0 Å². The van der Waals surface area contributed by atoms with Crippen molar-refractivity contribution in [3.05, 3.63) is 50.1 Å². The first-order valence-corrected chi connectivity index (χ1v) is 16.4. The number of piperazine rings is 1. The van der Waals surface area contributed by atoms with Crippen molar-refractivity contribution >= 4 is 66.2 Å². The van der Waals surface area contributed by atoms with Gasteiger partial charge in [-0.3, -0.25) is 9.59 Å². The molecule has 15 heteroatoms. The van der Waals surface area contributed by atoms with Crippen molar-refractivity contribution in [2.75, 3.05) is 52.5 Å². The van der Waals surface area contributed by atoms with E-state index in [0.29, 0.717) is 44.3 Å². The Morgan fingerprint density at radius 2 is 1.90 bits per heavy atom. The Hall–Kier alpha value is -2.17. The van der Waals surface area contributed by atoms with Crippen LogP contribution in [0.2, 0.25) is 5.02 Å². The predicted octanol–water partition coefficient (Wildman–Crippen LogP) is 2.63. The second-order valence-electron chi connectivity index (χ2n) is 9.96. The molecule has 0 saturated carbocycles. The van der Waals surface area contributed by atoms with E-state index in [-0.39, 0.29) is 53.6 Å². The molecule has 0 spiro atoms. The van der Waals surface area contributed by atoms with Crippen LogP contribution in [0.15, 0.2) is 28.5 Å². The number of morpholine rings is 1. The molecule has 1 aromatic carbocycles. The highest BCUT2D eigenvalue weighted by Gasteiger charge is 2.40. The Labute approximate surface area is 244 Å². The van der Waals surface area contributed by atoms with E-state index < -0.39 is 16.1 Å². The highest BCUT2D eigenvalue weighted by atomic mass is 35.5. The molecule has 3 aliphatic heterocycles. The van der Waals surface area contributed by atoms with Gasteiger partial charge < -0.3 is 24.8 Å². The summed E-state index contributed by atoms with van der Waals surface area (Å²) in [5, 5.41) is 14.4. The highest BCUT2D eigenvalue weighted by molar-refractivity contribution is 7.91.